The maximum atomic E-state index is 13.0. The fourth-order valence-electron chi connectivity index (χ4n) is 3.87. The van der Waals surface area contributed by atoms with Crippen LogP contribution in [0.25, 0.3) is 0 Å². The SMILES string of the molecule is CCP(=O)(CC)C(O)[C@H](CC1CCCCC1)NC(=O)[C@@H](N)CC(C)C. The molecule has 0 saturated heterocycles. The molecule has 5 nitrogen and oxygen atoms in total. The Kier molecular flexibility index (Phi) is 9.69. The van der Waals surface area contributed by atoms with Gasteiger partial charge in [-0.05, 0) is 24.7 Å². The van der Waals surface area contributed by atoms with Gasteiger partial charge in [-0.25, -0.2) is 0 Å². The monoisotopic (exact) mass is 374 g/mol. The maximum absolute atomic E-state index is 13.0. The maximum Gasteiger partial charge on any atom is 0.237 e. The molecule has 1 amide bonds. The van der Waals surface area contributed by atoms with Crippen molar-refractivity contribution in [1.29, 1.82) is 0 Å². The van der Waals surface area contributed by atoms with Gasteiger partial charge in [0.1, 0.15) is 13.0 Å². The van der Waals surface area contributed by atoms with Crippen LogP contribution in [0.2, 0.25) is 0 Å². The van der Waals surface area contributed by atoms with Crippen molar-refractivity contribution >= 4 is 13.0 Å². The minimum atomic E-state index is -2.71. The number of rotatable bonds is 10. The van der Waals surface area contributed by atoms with E-state index in [1.165, 1.54) is 19.3 Å². The van der Waals surface area contributed by atoms with Crippen molar-refractivity contribution in [3.05, 3.63) is 0 Å². The Morgan fingerprint density at radius 2 is 1.76 bits per heavy atom. The van der Waals surface area contributed by atoms with E-state index in [0.717, 1.165) is 12.8 Å². The summed E-state index contributed by atoms with van der Waals surface area (Å²) < 4.78 is 13.0. The highest BCUT2D eigenvalue weighted by Gasteiger charge is 2.37. The molecule has 1 fully saturated rings. The molecular formula is C19H39N2O3P. The summed E-state index contributed by atoms with van der Waals surface area (Å²) in [5.74, 6) is -0.385. The first-order valence-corrected chi connectivity index (χ1v) is 12.2. The molecule has 3 atom stereocenters. The van der Waals surface area contributed by atoms with Crippen LogP contribution in [0.5, 0.6) is 0 Å². The highest BCUT2D eigenvalue weighted by atomic mass is 31.2. The summed E-state index contributed by atoms with van der Waals surface area (Å²) in [5, 5.41) is 13.8. The number of amides is 1. The fraction of sp³-hybridized carbons (Fsp3) is 0.947. The zero-order valence-electron chi connectivity index (χ0n) is 16.5. The Labute approximate surface area is 153 Å². The molecule has 0 radical (unpaired) electrons. The van der Waals surface area contributed by atoms with Crippen LogP contribution in [0, 0.1) is 11.8 Å². The van der Waals surface area contributed by atoms with E-state index in [9.17, 15) is 14.5 Å². The summed E-state index contributed by atoms with van der Waals surface area (Å²) >= 11 is 0. The molecule has 6 heteroatoms. The fourth-order valence-corrected chi connectivity index (χ4v) is 5.92. The molecule has 0 heterocycles. The lowest BCUT2D eigenvalue weighted by Gasteiger charge is -2.34. The van der Waals surface area contributed by atoms with Gasteiger partial charge in [0.2, 0.25) is 5.91 Å². The number of hydrogen-bond donors (Lipinski definition) is 3. The Morgan fingerprint density at radius 1 is 1.20 bits per heavy atom. The Hall–Kier alpha value is -0.380. The lowest BCUT2D eigenvalue weighted by molar-refractivity contribution is -0.124. The van der Waals surface area contributed by atoms with Crippen molar-refractivity contribution in [2.75, 3.05) is 12.3 Å². The van der Waals surface area contributed by atoms with Gasteiger partial charge < -0.3 is 20.7 Å². The predicted molar refractivity (Wildman–Crippen MR) is 105 cm³/mol. The predicted octanol–water partition coefficient (Wildman–Crippen LogP) is 3.54. The second kappa shape index (κ2) is 10.7. The largest absolute Gasteiger partial charge is 0.383 e. The molecule has 0 aromatic rings. The highest BCUT2D eigenvalue weighted by molar-refractivity contribution is 7.64. The van der Waals surface area contributed by atoms with E-state index in [1.54, 1.807) is 0 Å². The normalized spacial score (nSPS) is 20.3. The first-order chi connectivity index (χ1) is 11.7. The first-order valence-electron chi connectivity index (χ1n) is 10.0. The quantitative estimate of drug-likeness (QED) is 0.510. The average Bonchev–Trinajstić information content (AvgIpc) is 2.60. The molecule has 148 valence electrons. The number of carbonyl (C=O) groups is 1. The van der Waals surface area contributed by atoms with E-state index in [1.807, 2.05) is 27.7 Å². The van der Waals surface area contributed by atoms with Gasteiger partial charge in [0, 0.05) is 12.3 Å². The summed E-state index contributed by atoms with van der Waals surface area (Å²) in [4.78, 5) is 12.5. The number of aliphatic hydroxyl groups is 1. The van der Waals surface area contributed by atoms with Crippen molar-refractivity contribution in [3.63, 3.8) is 0 Å². The van der Waals surface area contributed by atoms with E-state index < -0.39 is 25.1 Å². The van der Waals surface area contributed by atoms with Crippen molar-refractivity contribution in [2.45, 2.75) is 90.6 Å². The third-order valence-electron chi connectivity index (χ3n) is 5.61. The summed E-state index contributed by atoms with van der Waals surface area (Å²) in [5.41, 5.74) is 6.01. The number of hydrogen-bond acceptors (Lipinski definition) is 4. The van der Waals surface area contributed by atoms with Gasteiger partial charge in [-0.3, -0.25) is 4.79 Å². The molecule has 1 aliphatic carbocycles. The molecule has 4 N–H and O–H groups in total. The lowest BCUT2D eigenvalue weighted by atomic mass is 9.85. The van der Waals surface area contributed by atoms with Crippen molar-refractivity contribution in [2.24, 2.45) is 17.6 Å². The molecule has 25 heavy (non-hydrogen) atoms. The number of aliphatic hydroxyl groups excluding tert-OH is 1. The number of carbonyl (C=O) groups excluding carboxylic acids is 1. The van der Waals surface area contributed by atoms with E-state index >= 15 is 0 Å². The van der Waals surface area contributed by atoms with Gasteiger partial charge >= 0.3 is 0 Å². The molecule has 0 aliphatic heterocycles. The van der Waals surface area contributed by atoms with E-state index in [2.05, 4.69) is 5.32 Å². The molecule has 0 aromatic carbocycles. The van der Waals surface area contributed by atoms with E-state index in [-0.39, 0.29) is 5.91 Å². The van der Waals surface area contributed by atoms with Crippen LogP contribution < -0.4 is 11.1 Å². The molecule has 1 saturated carbocycles. The van der Waals surface area contributed by atoms with E-state index in [0.29, 0.717) is 37.0 Å². The molecule has 1 rings (SSSR count). The van der Waals surface area contributed by atoms with Gasteiger partial charge in [-0.2, -0.15) is 0 Å². The Morgan fingerprint density at radius 3 is 2.24 bits per heavy atom. The summed E-state index contributed by atoms with van der Waals surface area (Å²) in [7, 11) is -2.71. The zero-order chi connectivity index (χ0) is 19.0. The molecule has 0 aromatic heterocycles. The molecule has 0 spiro atoms. The molecule has 1 unspecified atom stereocenters. The van der Waals surface area contributed by atoms with Gasteiger partial charge in [-0.1, -0.05) is 59.8 Å². The van der Waals surface area contributed by atoms with Crippen LogP contribution in [0.1, 0.15) is 72.6 Å². The number of nitrogens with two attached hydrogens (primary N) is 1. The topological polar surface area (TPSA) is 92.4 Å². The standard InChI is InChI=1S/C19H39N2O3P/c1-5-25(24,6-2)19(23)17(13-15-10-8-7-9-11-15)21-18(22)16(20)12-14(3)4/h14-17,19,23H,5-13,20H2,1-4H3,(H,21,22)/t16-,17-,19?/m0/s1. The second-order valence-corrected chi connectivity index (χ2v) is 11.8. The molecule has 0 bridgehead atoms. The highest BCUT2D eigenvalue weighted by Crippen LogP contribution is 2.51. The Bertz CT molecular complexity index is 442. The van der Waals surface area contributed by atoms with Crippen LogP contribution in [0.15, 0.2) is 0 Å². The minimum absolute atomic E-state index is 0.229. The van der Waals surface area contributed by atoms with Crippen LogP contribution in [-0.4, -0.2) is 41.3 Å². The lowest BCUT2D eigenvalue weighted by Crippen LogP contribution is -2.51. The summed E-state index contributed by atoms with van der Waals surface area (Å²) in [6, 6.07) is -1.04. The van der Waals surface area contributed by atoms with Crippen molar-refractivity contribution in [1.82, 2.24) is 5.32 Å². The zero-order valence-corrected chi connectivity index (χ0v) is 17.4. The van der Waals surface area contributed by atoms with Crippen LogP contribution >= 0.6 is 7.14 Å². The molecule has 1 aliphatic rings. The van der Waals surface area contributed by atoms with Crippen LogP contribution in [-0.2, 0) is 9.36 Å². The van der Waals surface area contributed by atoms with Crippen molar-refractivity contribution < 1.29 is 14.5 Å². The third kappa shape index (κ3) is 7.03. The number of nitrogens with one attached hydrogen (secondary N) is 1. The third-order valence-corrected chi connectivity index (χ3v) is 9.08. The van der Waals surface area contributed by atoms with Crippen LogP contribution in [0.4, 0.5) is 0 Å². The summed E-state index contributed by atoms with van der Waals surface area (Å²) in [6.07, 6.45) is 8.14. The average molecular weight is 375 g/mol. The second-order valence-electron chi connectivity index (χ2n) is 8.09. The smallest absolute Gasteiger partial charge is 0.237 e. The van der Waals surface area contributed by atoms with Gasteiger partial charge in [0.15, 0.2) is 0 Å². The van der Waals surface area contributed by atoms with Gasteiger partial charge in [0.05, 0.1) is 12.1 Å². The minimum Gasteiger partial charge on any atom is -0.383 e. The van der Waals surface area contributed by atoms with Gasteiger partial charge in [-0.15, -0.1) is 0 Å². The molecular weight excluding hydrogens is 335 g/mol. The first kappa shape index (κ1) is 22.7. The van der Waals surface area contributed by atoms with Crippen LogP contribution in [0.3, 0.4) is 0 Å². The summed E-state index contributed by atoms with van der Waals surface area (Å²) in [6.45, 7) is 7.78. The van der Waals surface area contributed by atoms with E-state index in [4.69, 9.17) is 5.73 Å². The Balaban J connectivity index is 2.86. The van der Waals surface area contributed by atoms with Crippen molar-refractivity contribution in [3.8, 4) is 0 Å². The van der Waals surface area contributed by atoms with Gasteiger partial charge in [0.25, 0.3) is 0 Å².